The summed E-state index contributed by atoms with van der Waals surface area (Å²) in [5.41, 5.74) is 0. The molecule has 0 saturated carbocycles. The van der Waals surface area contributed by atoms with Crippen molar-refractivity contribution in [2.45, 2.75) is 0 Å². The van der Waals surface area contributed by atoms with Crippen LogP contribution < -0.4 is 0 Å². The van der Waals surface area contributed by atoms with Crippen molar-refractivity contribution in [1.82, 2.24) is 19.6 Å². The second-order valence-corrected chi connectivity index (χ2v) is 5.07. The van der Waals surface area contributed by atoms with Crippen LogP contribution in [0.15, 0.2) is 12.2 Å². The Balaban J connectivity index is 1.59. The van der Waals surface area contributed by atoms with E-state index in [1.165, 1.54) is 26.2 Å². The molecule has 0 aliphatic carbocycles. The minimum Gasteiger partial charge on any atom is -0.292 e. The summed E-state index contributed by atoms with van der Waals surface area (Å²) >= 11 is 0. The van der Waals surface area contributed by atoms with Crippen LogP contribution in [0.25, 0.3) is 0 Å². The van der Waals surface area contributed by atoms with Gasteiger partial charge in [-0.1, -0.05) is 12.2 Å². The maximum absolute atomic E-state index is 2.48. The van der Waals surface area contributed by atoms with E-state index in [4.69, 9.17) is 0 Å². The lowest BCUT2D eigenvalue weighted by atomic mass is 10.4. The van der Waals surface area contributed by atoms with Crippen LogP contribution in [0.1, 0.15) is 0 Å². The van der Waals surface area contributed by atoms with Crippen molar-refractivity contribution in [2.75, 3.05) is 66.7 Å². The van der Waals surface area contributed by atoms with E-state index in [2.05, 4.69) is 45.8 Å². The Morgan fingerprint density at radius 3 is 1.50 bits per heavy atom. The van der Waals surface area contributed by atoms with E-state index in [0.717, 1.165) is 26.4 Å². The van der Waals surface area contributed by atoms with Gasteiger partial charge >= 0.3 is 0 Å². The third kappa shape index (κ3) is 3.56. The van der Waals surface area contributed by atoms with E-state index in [0.29, 0.717) is 0 Å². The van der Waals surface area contributed by atoms with Gasteiger partial charge in [-0.05, 0) is 14.1 Å². The monoisotopic (exact) mass is 224 g/mol. The Hall–Kier alpha value is -0.420. The van der Waals surface area contributed by atoms with Crippen molar-refractivity contribution in [2.24, 2.45) is 0 Å². The number of likely N-dealkylation sites (N-methyl/N-ethyl adjacent to an activating group) is 2. The Bertz CT molecular complexity index is 217. The molecule has 0 atom stereocenters. The molecule has 2 fully saturated rings. The maximum atomic E-state index is 2.48. The first-order valence-electron chi connectivity index (χ1n) is 6.21. The quantitative estimate of drug-likeness (QED) is 0.621. The summed E-state index contributed by atoms with van der Waals surface area (Å²) < 4.78 is 0. The van der Waals surface area contributed by atoms with E-state index in [1.807, 2.05) is 0 Å². The summed E-state index contributed by atoms with van der Waals surface area (Å²) in [5, 5.41) is 0. The second kappa shape index (κ2) is 5.77. The van der Waals surface area contributed by atoms with E-state index >= 15 is 0 Å². The fraction of sp³-hybridized carbons (Fsp3) is 0.833. The average Bonchev–Trinajstić information content (AvgIpc) is 2.83. The topological polar surface area (TPSA) is 13.0 Å². The Morgan fingerprint density at radius 2 is 1.19 bits per heavy atom. The highest BCUT2D eigenvalue weighted by Gasteiger charge is 2.15. The Labute approximate surface area is 99.1 Å². The highest BCUT2D eigenvalue weighted by atomic mass is 15.4. The molecule has 4 heteroatoms. The maximum Gasteiger partial charge on any atom is 0.0507 e. The van der Waals surface area contributed by atoms with Crippen LogP contribution in [0.4, 0.5) is 0 Å². The third-order valence-electron chi connectivity index (χ3n) is 3.37. The van der Waals surface area contributed by atoms with E-state index in [9.17, 15) is 0 Å². The number of hydrogen-bond acceptors (Lipinski definition) is 4. The molecule has 4 nitrogen and oxygen atoms in total. The molecule has 2 rings (SSSR count). The van der Waals surface area contributed by atoms with Gasteiger partial charge in [-0.2, -0.15) is 0 Å². The Kier molecular flexibility index (Phi) is 4.35. The highest BCUT2D eigenvalue weighted by molar-refractivity contribution is 4.89. The summed E-state index contributed by atoms with van der Waals surface area (Å²) in [4.78, 5) is 9.69. The summed E-state index contributed by atoms with van der Waals surface area (Å²) in [6, 6.07) is 0. The predicted octanol–water partition coefficient (Wildman–Crippen LogP) is -0.0476. The molecule has 0 unspecified atom stereocenters. The molecule has 2 heterocycles. The SMILES string of the molecule is CN1CCN(CC=CCN2CCN(C)C2)C1. The molecular weight excluding hydrogens is 200 g/mol. The summed E-state index contributed by atoms with van der Waals surface area (Å²) in [7, 11) is 4.37. The van der Waals surface area contributed by atoms with E-state index in [-0.39, 0.29) is 0 Å². The molecule has 0 aromatic rings. The molecule has 0 bridgehead atoms. The van der Waals surface area contributed by atoms with Gasteiger partial charge in [-0.15, -0.1) is 0 Å². The predicted molar refractivity (Wildman–Crippen MR) is 67.3 cm³/mol. The molecule has 2 aliphatic heterocycles. The number of rotatable bonds is 4. The van der Waals surface area contributed by atoms with E-state index in [1.54, 1.807) is 0 Å². The highest BCUT2D eigenvalue weighted by Crippen LogP contribution is 2.03. The van der Waals surface area contributed by atoms with Gasteiger partial charge in [0.1, 0.15) is 0 Å². The van der Waals surface area contributed by atoms with Crippen molar-refractivity contribution in [3.8, 4) is 0 Å². The van der Waals surface area contributed by atoms with Crippen LogP contribution in [0.2, 0.25) is 0 Å². The van der Waals surface area contributed by atoms with Crippen molar-refractivity contribution in [3.63, 3.8) is 0 Å². The number of nitrogens with zero attached hydrogens (tertiary/aromatic N) is 4. The smallest absolute Gasteiger partial charge is 0.0507 e. The van der Waals surface area contributed by atoms with Crippen LogP contribution in [-0.2, 0) is 0 Å². The van der Waals surface area contributed by atoms with Crippen LogP contribution in [0.5, 0.6) is 0 Å². The van der Waals surface area contributed by atoms with Crippen molar-refractivity contribution in [1.29, 1.82) is 0 Å². The minimum absolute atomic E-state index is 1.11. The Morgan fingerprint density at radius 1 is 0.750 bits per heavy atom. The fourth-order valence-electron chi connectivity index (χ4n) is 2.34. The lowest BCUT2D eigenvalue weighted by Gasteiger charge is -2.14. The van der Waals surface area contributed by atoms with Gasteiger partial charge in [0.15, 0.2) is 0 Å². The number of hydrogen-bond donors (Lipinski definition) is 0. The van der Waals surface area contributed by atoms with Crippen LogP contribution >= 0.6 is 0 Å². The van der Waals surface area contributed by atoms with Gasteiger partial charge in [0.05, 0.1) is 13.3 Å². The first-order valence-corrected chi connectivity index (χ1v) is 6.21. The minimum atomic E-state index is 1.11. The largest absolute Gasteiger partial charge is 0.292 e. The van der Waals surface area contributed by atoms with Crippen LogP contribution in [0, 0.1) is 0 Å². The zero-order valence-electron chi connectivity index (χ0n) is 10.6. The van der Waals surface area contributed by atoms with Gasteiger partial charge in [-0.3, -0.25) is 19.6 Å². The summed E-state index contributed by atoms with van der Waals surface area (Å²) in [6.07, 6.45) is 4.63. The normalized spacial score (nSPS) is 26.4. The van der Waals surface area contributed by atoms with Gasteiger partial charge < -0.3 is 0 Å². The van der Waals surface area contributed by atoms with Crippen molar-refractivity contribution in [3.05, 3.63) is 12.2 Å². The van der Waals surface area contributed by atoms with Crippen LogP contribution in [0.3, 0.4) is 0 Å². The molecule has 2 aliphatic rings. The van der Waals surface area contributed by atoms with Crippen molar-refractivity contribution >= 4 is 0 Å². The summed E-state index contributed by atoms with van der Waals surface area (Å²) in [6.45, 7) is 9.31. The van der Waals surface area contributed by atoms with Gasteiger partial charge in [-0.25, -0.2) is 0 Å². The fourth-order valence-corrected chi connectivity index (χ4v) is 2.34. The standard InChI is InChI=1S/C12H24N4/c1-13-7-9-15(11-13)5-3-4-6-16-10-8-14(2)12-16/h3-4H,5-12H2,1-2H3. The third-order valence-corrected chi connectivity index (χ3v) is 3.37. The molecule has 0 N–H and O–H groups in total. The molecular formula is C12H24N4. The molecule has 0 aromatic heterocycles. The molecule has 2 saturated heterocycles. The molecule has 0 amide bonds. The van der Waals surface area contributed by atoms with E-state index < -0.39 is 0 Å². The van der Waals surface area contributed by atoms with Crippen LogP contribution in [-0.4, -0.2) is 86.3 Å². The lowest BCUT2D eigenvalue weighted by molar-refractivity contribution is 0.291. The van der Waals surface area contributed by atoms with Crippen molar-refractivity contribution < 1.29 is 0 Å². The molecule has 0 aromatic carbocycles. The van der Waals surface area contributed by atoms with Gasteiger partial charge in [0, 0.05) is 39.3 Å². The summed E-state index contributed by atoms with van der Waals surface area (Å²) in [5.74, 6) is 0. The molecule has 0 spiro atoms. The molecule has 0 radical (unpaired) electrons. The molecule has 92 valence electrons. The van der Waals surface area contributed by atoms with Gasteiger partial charge in [0.2, 0.25) is 0 Å². The first-order chi connectivity index (χ1) is 7.74. The van der Waals surface area contributed by atoms with Gasteiger partial charge in [0.25, 0.3) is 0 Å². The lowest BCUT2D eigenvalue weighted by Crippen LogP contribution is -2.24. The second-order valence-electron chi connectivity index (χ2n) is 5.07. The average molecular weight is 224 g/mol. The first kappa shape index (κ1) is 12.0. The zero-order valence-corrected chi connectivity index (χ0v) is 10.6. The zero-order chi connectivity index (χ0) is 11.4. The molecule has 16 heavy (non-hydrogen) atoms.